The number of carbonyl (C=O) groups is 2. The number of amides is 2. The summed E-state index contributed by atoms with van der Waals surface area (Å²) in [5.41, 5.74) is 0.708. The average molecular weight is 366 g/mol. The highest BCUT2D eigenvalue weighted by Gasteiger charge is 2.40. The van der Waals surface area contributed by atoms with E-state index in [9.17, 15) is 9.59 Å². The van der Waals surface area contributed by atoms with E-state index in [4.69, 9.17) is 4.74 Å². The fourth-order valence-corrected chi connectivity index (χ4v) is 4.79. The molecular weight excluding hydrogens is 340 g/mol. The molecule has 4 rings (SSSR count). The van der Waals surface area contributed by atoms with Crippen molar-refractivity contribution in [1.29, 1.82) is 0 Å². The Morgan fingerprint density at radius 2 is 2.00 bits per heavy atom. The first-order valence-corrected chi connectivity index (χ1v) is 9.72. The second-order valence-electron chi connectivity index (χ2n) is 7.77. The number of ether oxygens (including phenoxy) is 1. The minimum atomic E-state index is -0.0363. The van der Waals surface area contributed by atoms with Crippen LogP contribution in [0.5, 0.6) is 0 Å². The lowest BCUT2D eigenvalue weighted by Gasteiger charge is -2.43. The van der Waals surface area contributed by atoms with Gasteiger partial charge in [0, 0.05) is 37.8 Å². The Morgan fingerprint density at radius 3 is 2.85 bits per heavy atom. The van der Waals surface area contributed by atoms with Crippen molar-refractivity contribution in [1.82, 2.24) is 10.6 Å². The average Bonchev–Trinajstić information content (AvgIpc) is 2.67. The van der Waals surface area contributed by atoms with E-state index in [1.165, 1.54) is 0 Å². The molecule has 4 unspecified atom stereocenters. The second kappa shape index (κ2) is 7.69. The van der Waals surface area contributed by atoms with Crippen LogP contribution < -0.4 is 10.6 Å². The summed E-state index contributed by atoms with van der Waals surface area (Å²) in [5.74, 6) is 0.780. The first kappa shape index (κ1) is 18.0. The first-order chi connectivity index (χ1) is 13.2. The third-order valence-electron chi connectivity index (χ3n) is 6.05. The van der Waals surface area contributed by atoms with Gasteiger partial charge in [-0.2, -0.15) is 0 Å². The molecule has 2 aliphatic rings. The number of hydrogen-bond donors (Lipinski definition) is 2. The normalized spacial score (nSPS) is 27.7. The van der Waals surface area contributed by atoms with Crippen LogP contribution in [0.2, 0.25) is 0 Å². The molecule has 0 aromatic heterocycles. The van der Waals surface area contributed by atoms with Crippen molar-refractivity contribution < 1.29 is 14.3 Å². The van der Waals surface area contributed by atoms with Gasteiger partial charge >= 0.3 is 0 Å². The lowest BCUT2D eigenvalue weighted by Crippen LogP contribution is -2.56. The molecule has 0 spiro atoms. The zero-order valence-corrected chi connectivity index (χ0v) is 15.6. The number of rotatable bonds is 4. The van der Waals surface area contributed by atoms with Crippen LogP contribution in [-0.4, -0.2) is 37.6 Å². The largest absolute Gasteiger partial charge is 0.384 e. The van der Waals surface area contributed by atoms with E-state index in [0.717, 1.165) is 30.0 Å². The molecule has 1 saturated carbocycles. The van der Waals surface area contributed by atoms with E-state index in [-0.39, 0.29) is 29.8 Å². The predicted octanol–water partition coefficient (Wildman–Crippen LogP) is 2.89. The van der Waals surface area contributed by atoms with Gasteiger partial charge in [0.05, 0.1) is 0 Å². The van der Waals surface area contributed by atoms with Gasteiger partial charge in [-0.1, -0.05) is 36.4 Å². The van der Waals surface area contributed by atoms with Crippen molar-refractivity contribution in [3.05, 3.63) is 48.0 Å². The molecule has 2 aromatic carbocycles. The number of benzene rings is 2. The maximum Gasteiger partial charge on any atom is 0.252 e. The van der Waals surface area contributed by atoms with E-state index in [0.29, 0.717) is 24.5 Å². The monoisotopic (exact) mass is 366 g/mol. The molecule has 2 amide bonds. The van der Waals surface area contributed by atoms with Crippen LogP contribution in [0.4, 0.5) is 0 Å². The van der Waals surface area contributed by atoms with Gasteiger partial charge in [0.25, 0.3) is 5.91 Å². The van der Waals surface area contributed by atoms with E-state index in [2.05, 4.69) is 10.6 Å². The molecule has 1 aliphatic heterocycles. The van der Waals surface area contributed by atoms with Gasteiger partial charge in [0.15, 0.2) is 0 Å². The minimum absolute atomic E-state index is 0.0363. The Hall–Kier alpha value is -2.40. The van der Waals surface area contributed by atoms with Crippen molar-refractivity contribution in [3.63, 3.8) is 0 Å². The molecule has 1 saturated heterocycles. The van der Waals surface area contributed by atoms with E-state index < -0.39 is 0 Å². The van der Waals surface area contributed by atoms with Crippen LogP contribution in [0, 0.1) is 11.8 Å². The van der Waals surface area contributed by atoms with Crippen LogP contribution >= 0.6 is 0 Å². The Bertz CT molecular complexity index is 845. The summed E-state index contributed by atoms with van der Waals surface area (Å²) in [4.78, 5) is 24.9. The van der Waals surface area contributed by atoms with Gasteiger partial charge in [0.1, 0.15) is 0 Å². The fourth-order valence-electron chi connectivity index (χ4n) is 4.79. The molecule has 2 N–H and O–H groups in total. The van der Waals surface area contributed by atoms with Crippen LogP contribution in [-0.2, 0) is 9.53 Å². The molecular formula is C22H26N2O3. The van der Waals surface area contributed by atoms with Crippen molar-refractivity contribution >= 4 is 22.6 Å². The van der Waals surface area contributed by atoms with E-state index in [1.807, 2.05) is 42.5 Å². The zero-order chi connectivity index (χ0) is 18.8. The van der Waals surface area contributed by atoms with Crippen molar-refractivity contribution in [2.75, 3.05) is 13.7 Å². The maximum atomic E-state index is 12.9. The highest BCUT2D eigenvalue weighted by molar-refractivity contribution is 6.07. The minimum Gasteiger partial charge on any atom is -0.384 e. The molecule has 1 heterocycles. The number of carbonyl (C=O) groups excluding carboxylic acids is 2. The lowest BCUT2D eigenvalue weighted by atomic mass is 9.71. The molecule has 5 nitrogen and oxygen atoms in total. The molecule has 142 valence electrons. The van der Waals surface area contributed by atoms with Crippen molar-refractivity contribution in [2.24, 2.45) is 11.8 Å². The molecule has 2 fully saturated rings. The second-order valence-corrected chi connectivity index (χ2v) is 7.77. The van der Waals surface area contributed by atoms with Crippen molar-refractivity contribution in [3.8, 4) is 0 Å². The lowest BCUT2D eigenvalue weighted by molar-refractivity contribution is -0.128. The van der Waals surface area contributed by atoms with Gasteiger partial charge in [-0.05, 0) is 47.9 Å². The number of piperidine rings is 1. The molecule has 0 radical (unpaired) electrons. The van der Waals surface area contributed by atoms with Gasteiger partial charge in [0.2, 0.25) is 5.91 Å². The highest BCUT2D eigenvalue weighted by atomic mass is 16.5. The summed E-state index contributed by atoms with van der Waals surface area (Å²) < 4.78 is 5.32. The third kappa shape index (κ3) is 3.69. The first-order valence-electron chi connectivity index (χ1n) is 9.72. The molecule has 27 heavy (non-hydrogen) atoms. The smallest absolute Gasteiger partial charge is 0.252 e. The summed E-state index contributed by atoms with van der Waals surface area (Å²) in [5, 5.41) is 8.37. The van der Waals surface area contributed by atoms with Crippen molar-refractivity contribution in [2.45, 2.75) is 37.8 Å². The topological polar surface area (TPSA) is 67.4 Å². The standard InChI is InChI=1S/C22H26N2O3/c1-27-13-15-11-21(25)24-20-12-16(9-10-18(15)20)23-22(26)19-8-4-6-14-5-2-3-7-17(14)19/h2-8,15-16,18,20H,9-13H2,1H3,(H,23,26)(H,24,25). The molecule has 4 atom stereocenters. The summed E-state index contributed by atoms with van der Waals surface area (Å²) in [6.07, 6.45) is 3.27. The molecule has 0 bridgehead atoms. The van der Waals surface area contributed by atoms with Gasteiger partial charge in [-0.3, -0.25) is 9.59 Å². The third-order valence-corrected chi connectivity index (χ3v) is 6.05. The Labute approximate surface area is 159 Å². The summed E-state index contributed by atoms with van der Waals surface area (Å²) in [6, 6.07) is 14.0. The Balaban J connectivity index is 1.46. The van der Waals surface area contributed by atoms with Crippen LogP contribution in [0.25, 0.3) is 10.8 Å². The summed E-state index contributed by atoms with van der Waals surface area (Å²) in [7, 11) is 1.69. The van der Waals surface area contributed by atoms with E-state index in [1.54, 1.807) is 7.11 Å². The number of fused-ring (bicyclic) bond motifs is 2. The molecule has 1 aliphatic carbocycles. The summed E-state index contributed by atoms with van der Waals surface area (Å²) >= 11 is 0. The van der Waals surface area contributed by atoms with Crippen LogP contribution in [0.1, 0.15) is 36.0 Å². The maximum absolute atomic E-state index is 12.9. The van der Waals surface area contributed by atoms with Crippen LogP contribution in [0.15, 0.2) is 42.5 Å². The van der Waals surface area contributed by atoms with Gasteiger partial charge < -0.3 is 15.4 Å². The van der Waals surface area contributed by atoms with Gasteiger partial charge in [-0.15, -0.1) is 0 Å². The van der Waals surface area contributed by atoms with Crippen LogP contribution in [0.3, 0.4) is 0 Å². The molecule has 5 heteroatoms. The molecule has 2 aromatic rings. The Morgan fingerprint density at radius 1 is 1.19 bits per heavy atom. The number of hydrogen-bond acceptors (Lipinski definition) is 3. The SMILES string of the molecule is COCC1CC(=O)NC2CC(NC(=O)c3cccc4ccccc34)CCC12. The van der Waals surface area contributed by atoms with Gasteiger partial charge in [-0.25, -0.2) is 0 Å². The quantitative estimate of drug-likeness (QED) is 0.874. The summed E-state index contributed by atoms with van der Waals surface area (Å²) in [6.45, 7) is 0.627. The number of methoxy groups -OCH3 is 1. The highest BCUT2D eigenvalue weighted by Crippen LogP contribution is 2.35. The van der Waals surface area contributed by atoms with E-state index >= 15 is 0 Å². The zero-order valence-electron chi connectivity index (χ0n) is 15.6. The fraction of sp³-hybridized carbons (Fsp3) is 0.455. The number of nitrogens with one attached hydrogen (secondary N) is 2. The predicted molar refractivity (Wildman–Crippen MR) is 104 cm³/mol. The Kier molecular flexibility index (Phi) is 5.12.